The predicted molar refractivity (Wildman–Crippen MR) is 104 cm³/mol. The van der Waals surface area contributed by atoms with E-state index in [-0.39, 0.29) is 25.1 Å². The van der Waals surface area contributed by atoms with Crippen molar-refractivity contribution in [3.63, 3.8) is 0 Å². The number of halogens is 2. The molecule has 0 radical (unpaired) electrons. The van der Waals surface area contributed by atoms with E-state index in [1.165, 1.54) is 6.07 Å². The number of pyridine rings is 2. The molecule has 154 valence electrons. The van der Waals surface area contributed by atoms with Gasteiger partial charge in [-0.3, -0.25) is 0 Å². The van der Waals surface area contributed by atoms with E-state index in [4.69, 9.17) is 4.74 Å². The van der Waals surface area contributed by atoms with E-state index in [1.54, 1.807) is 10.7 Å². The van der Waals surface area contributed by atoms with Gasteiger partial charge in [0.2, 0.25) is 23.3 Å². The summed E-state index contributed by atoms with van der Waals surface area (Å²) in [5.41, 5.74) is 3.84. The maximum Gasteiger partial charge on any atom is 0.361 e. The molecule has 30 heavy (non-hydrogen) atoms. The predicted octanol–water partition coefficient (Wildman–Crippen LogP) is 2.44. The van der Waals surface area contributed by atoms with Crippen LogP contribution < -0.4 is 9.25 Å². The molecule has 0 bridgehead atoms. The lowest BCUT2D eigenvalue weighted by molar-refractivity contribution is -0.752. The summed E-state index contributed by atoms with van der Waals surface area (Å²) in [4.78, 5) is 16.1. The Balaban J connectivity index is 1.96. The van der Waals surface area contributed by atoms with Crippen LogP contribution >= 0.6 is 0 Å². The lowest BCUT2D eigenvalue weighted by Gasteiger charge is -2.14. The molecule has 0 aliphatic carbocycles. The first-order chi connectivity index (χ1) is 14.3. The Morgan fingerprint density at radius 1 is 1.23 bits per heavy atom. The van der Waals surface area contributed by atoms with Gasteiger partial charge >= 0.3 is 5.97 Å². The molecule has 0 saturated carbocycles. The number of hydrogen-bond donors (Lipinski definition) is 0. The lowest BCUT2D eigenvalue weighted by atomic mass is 10.0. The maximum atomic E-state index is 14.8. The van der Waals surface area contributed by atoms with E-state index in [9.17, 15) is 13.6 Å². The summed E-state index contributed by atoms with van der Waals surface area (Å²) in [6.07, 6.45) is 1.97. The lowest BCUT2D eigenvalue weighted by Crippen LogP contribution is -2.46. The second-order valence-corrected chi connectivity index (χ2v) is 7.45. The van der Waals surface area contributed by atoms with Crippen LogP contribution in [0, 0.1) is 25.7 Å². The molecule has 0 unspecified atom stereocenters. The number of carbonyl (C=O) groups is 1. The molecule has 4 rings (SSSR count). The second-order valence-electron chi connectivity index (χ2n) is 7.45. The van der Waals surface area contributed by atoms with Gasteiger partial charge in [-0.2, -0.15) is 18.3 Å². The van der Waals surface area contributed by atoms with Gasteiger partial charge in [-0.25, -0.2) is 4.79 Å². The monoisotopic (exact) mass is 412 g/mol. The Morgan fingerprint density at radius 3 is 2.77 bits per heavy atom. The number of cyclic esters (lactones) is 1. The molecule has 6 nitrogen and oxygen atoms in total. The first-order valence-electron chi connectivity index (χ1n) is 9.55. The number of aryl methyl sites for hydroxylation is 2. The van der Waals surface area contributed by atoms with Gasteiger partial charge in [0.25, 0.3) is 0 Å². The van der Waals surface area contributed by atoms with Gasteiger partial charge in [-0.05, 0) is 24.1 Å². The van der Waals surface area contributed by atoms with Crippen molar-refractivity contribution in [1.29, 1.82) is 0 Å². The fourth-order valence-corrected chi connectivity index (χ4v) is 3.78. The second kappa shape index (κ2) is 7.44. The highest BCUT2D eigenvalue weighted by atomic mass is 19.1. The summed E-state index contributed by atoms with van der Waals surface area (Å²) < 4.78 is 39.5. The molecule has 0 spiro atoms. The van der Waals surface area contributed by atoms with Gasteiger partial charge in [0, 0.05) is 31.5 Å². The first kappa shape index (κ1) is 19.9. The molecule has 0 atom stereocenters. The smallest absolute Gasteiger partial charge is 0.361 e. The van der Waals surface area contributed by atoms with Crippen LogP contribution in [-0.2, 0) is 24.8 Å². The highest BCUT2D eigenvalue weighted by Gasteiger charge is 2.30. The van der Waals surface area contributed by atoms with Crippen LogP contribution in [0.5, 0.6) is 0 Å². The van der Waals surface area contributed by atoms with E-state index in [2.05, 4.69) is 11.6 Å². The summed E-state index contributed by atoms with van der Waals surface area (Å²) in [7, 11) is 1.82. The number of carbonyl (C=O) groups excluding carboxylic acids is 1. The van der Waals surface area contributed by atoms with Crippen molar-refractivity contribution in [2.45, 2.75) is 26.8 Å². The molecule has 3 aromatic rings. The van der Waals surface area contributed by atoms with Crippen molar-refractivity contribution >= 4 is 11.7 Å². The fraction of sp³-hybridized carbons (Fsp3) is 0.273. The topological polar surface area (TPSA) is 51.9 Å². The molecular formula is C22H22F2N4O2+2. The number of nitrogens with zero attached hydrogens (tertiary/aromatic N) is 4. The van der Waals surface area contributed by atoms with E-state index in [1.807, 2.05) is 48.5 Å². The van der Waals surface area contributed by atoms with Crippen LogP contribution in [0.25, 0.3) is 17.0 Å². The van der Waals surface area contributed by atoms with Crippen LogP contribution in [-0.4, -0.2) is 22.2 Å². The quantitative estimate of drug-likeness (QED) is 0.324. The Labute approximate surface area is 172 Å². The van der Waals surface area contributed by atoms with E-state index in [0.717, 1.165) is 11.3 Å². The maximum absolute atomic E-state index is 14.8. The minimum Gasteiger partial charge on any atom is -0.461 e. The SMILES string of the molecule is C=C1C[n+]2ccc(C)cc2-c2c(cc(F)nc2F)CCOC(=O)c2cc(C)[n+](C)n21. The largest absolute Gasteiger partial charge is 0.461 e. The molecule has 0 aromatic carbocycles. The molecule has 0 fully saturated rings. The first-order valence-corrected chi connectivity index (χ1v) is 9.55. The number of rotatable bonds is 0. The van der Waals surface area contributed by atoms with Gasteiger partial charge in [0.1, 0.15) is 11.3 Å². The number of esters is 1. The third-order valence-corrected chi connectivity index (χ3v) is 5.32. The van der Waals surface area contributed by atoms with Crippen molar-refractivity contribution < 1.29 is 27.6 Å². The van der Waals surface area contributed by atoms with Crippen LogP contribution in [0.3, 0.4) is 0 Å². The van der Waals surface area contributed by atoms with Crippen molar-refractivity contribution in [3.8, 4) is 11.3 Å². The third kappa shape index (κ3) is 3.38. The van der Waals surface area contributed by atoms with Crippen LogP contribution in [0.15, 0.2) is 37.0 Å². The zero-order chi connectivity index (χ0) is 21.6. The molecule has 4 heterocycles. The molecular weight excluding hydrogens is 390 g/mol. The van der Waals surface area contributed by atoms with Crippen molar-refractivity contribution in [2.24, 2.45) is 7.05 Å². The number of fused-ring (bicyclic) bond motifs is 4. The minimum atomic E-state index is -0.912. The molecule has 1 aliphatic heterocycles. The zero-order valence-corrected chi connectivity index (χ0v) is 17.1. The van der Waals surface area contributed by atoms with Gasteiger partial charge in [-0.1, -0.05) is 6.58 Å². The average Bonchev–Trinajstić information content (AvgIpc) is 2.97. The average molecular weight is 412 g/mol. The summed E-state index contributed by atoms with van der Waals surface area (Å²) >= 11 is 0. The highest BCUT2D eigenvalue weighted by Crippen LogP contribution is 2.26. The van der Waals surface area contributed by atoms with Crippen LogP contribution in [0.2, 0.25) is 0 Å². The molecule has 8 heteroatoms. The Hall–Kier alpha value is -3.42. The molecule has 0 amide bonds. The van der Waals surface area contributed by atoms with Gasteiger partial charge in [-0.15, -0.1) is 9.36 Å². The molecule has 0 saturated heterocycles. The van der Waals surface area contributed by atoms with Crippen molar-refractivity contribution in [1.82, 2.24) is 9.67 Å². The number of aromatic nitrogens is 4. The molecule has 3 aromatic heterocycles. The third-order valence-electron chi connectivity index (χ3n) is 5.32. The summed E-state index contributed by atoms with van der Waals surface area (Å²) in [6, 6.07) is 6.64. The van der Waals surface area contributed by atoms with Crippen LogP contribution in [0.4, 0.5) is 8.78 Å². The van der Waals surface area contributed by atoms with E-state index < -0.39 is 17.9 Å². The van der Waals surface area contributed by atoms with Crippen LogP contribution in [0.1, 0.15) is 27.3 Å². The van der Waals surface area contributed by atoms with E-state index >= 15 is 0 Å². The Morgan fingerprint density at radius 2 is 2.00 bits per heavy atom. The number of allylic oxidation sites excluding steroid dienone is 1. The molecule has 1 aliphatic rings. The van der Waals surface area contributed by atoms with Crippen molar-refractivity contribution in [2.75, 3.05) is 6.61 Å². The Bertz CT molecular complexity index is 1200. The zero-order valence-electron chi connectivity index (χ0n) is 17.1. The summed E-state index contributed by atoms with van der Waals surface area (Å²) in [5.74, 6) is -2.34. The van der Waals surface area contributed by atoms with Gasteiger partial charge in [0.05, 0.1) is 6.61 Å². The number of hydrogen-bond acceptors (Lipinski definition) is 3. The Kier molecular flexibility index (Phi) is 4.93. The number of ether oxygens (including phenoxy) is 1. The fourth-order valence-electron chi connectivity index (χ4n) is 3.78. The van der Waals surface area contributed by atoms with E-state index in [0.29, 0.717) is 22.6 Å². The minimum absolute atomic E-state index is 0.0268. The van der Waals surface area contributed by atoms with Gasteiger partial charge in [0.15, 0.2) is 25.5 Å². The standard InChI is InChI=1S/C22H22F2N4O2/c1-13-5-7-27-12-15(3)28-18(10-14(2)26(28)4)22(29)30-8-6-16-11-19(23)25-21(24)20(16)17(27)9-13/h5,7,9-11H,3,6,8,12H2,1-2,4H3/q+2. The molecule has 0 N–H and O–H groups in total. The summed E-state index contributed by atoms with van der Waals surface area (Å²) in [5, 5.41) is 0. The van der Waals surface area contributed by atoms with Crippen molar-refractivity contribution in [3.05, 3.63) is 71.5 Å². The highest BCUT2D eigenvalue weighted by molar-refractivity contribution is 5.88. The summed E-state index contributed by atoms with van der Waals surface area (Å²) in [6.45, 7) is 8.17. The normalized spacial score (nSPS) is 14.2. The van der Waals surface area contributed by atoms with Gasteiger partial charge < -0.3 is 4.74 Å².